The van der Waals surface area contributed by atoms with Gasteiger partial charge in [-0.25, -0.2) is 4.79 Å². The van der Waals surface area contributed by atoms with Crippen LogP contribution in [0.15, 0.2) is 16.6 Å². The van der Waals surface area contributed by atoms with E-state index in [1.807, 2.05) is 37.8 Å². The minimum absolute atomic E-state index is 0.0820. The lowest BCUT2D eigenvalue weighted by Gasteiger charge is -2.37. The predicted molar refractivity (Wildman–Crippen MR) is 131 cm³/mol. The summed E-state index contributed by atoms with van der Waals surface area (Å²) in [7, 11) is 0. The molecule has 9 heteroatoms. The van der Waals surface area contributed by atoms with E-state index in [9.17, 15) is 4.79 Å². The summed E-state index contributed by atoms with van der Waals surface area (Å²) in [5.74, 6) is 0.755. The monoisotopic (exact) mass is 544 g/mol. The summed E-state index contributed by atoms with van der Waals surface area (Å²) in [5, 5.41) is 0.620. The number of hydrogen-bond acceptors (Lipinski definition) is 6. The number of amides is 1. The van der Waals surface area contributed by atoms with Gasteiger partial charge in [-0.05, 0) is 75.4 Å². The first-order valence-electron chi connectivity index (χ1n) is 11.7. The number of carbonyl (C=O) groups is 1. The average molecular weight is 546 g/mol. The second-order valence-corrected chi connectivity index (χ2v) is 11.6. The predicted octanol–water partition coefficient (Wildman–Crippen LogP) is 5.61. The summed E-state index contributed by atoms with van der Waals surface area (Å²) in [5.41, 5.74) is -0.125. The lowest BCUT2D eigenvalue weighted by Crippen LogP contribution is -2.50. The zero-order valence-corrected chi connectivity index (χ0v) is 22.2. The van der Waals surface area contributed by atoms with Gasteiger partial charge in [0.1, 0.15) is 18.0 Å². The molecule has 0 unspecified atom stereocenters. The van der Waals surface area contributed by atoms with E-state index in [4.69, 9.17) is 30.5 Å². The molecule has 4 rings (SSSR count). The van der Waals surface area contributed by atoms with E-state index < -0.39 is 11.1 Å². The van der Waals surface area contributed by atoms with Gasteiger partial charge in [-0.1, -0.05) is 11.6 Å². The molecule has 0 radical (unpaired) electrons. The largest absolute Gasteiger partial charge is 0.489 e. The maximum atomic E-state index is 13.3. The Labute approximate surface area is 209 Å². The van der Waals surface area contributed by atoms with Crippen molar-refractivity contribution >= 4 is 39.3 Å². The second kappa shape index (κ2) is 9.80. The molecule has 0 spiro atoms. The first-order chi connectivity index (χ1) is 15.6. The van der Waals surface area contributed by atoms with E-state index in [0.29, 0.717) is 24.8 Å². The number of likely N-dealkylation sites (tertiary alicyclic amines) is 1. The lowest BCUT2D eigenvalue weighted by molar-refractivity contribution is -0.177. The highest BCUT2D eigenvalue weighted by molar-refractivity contribution is 9.10. The van der Waals surface area contributed by atoms with Gasteiger partial charge in [0.15, 0.2) is 6.29 Å². The van der Waals surface area contributed by atoms with E-state index in [0.717, 1.165) is 54.7 Å². The van der Waals surface area contributed by atoms with Gasteiger partial charge in [-0.15, -0.1) is 0 Å². The molecule has 184 valence electrons. The number of nitrogens with zero attached hydrogens (tertiary/aromatic N) is 2. The Kier molecular flexibility index (Phi) is 7.39. The highest BCUT2D eigenvalue weighted by Crippen LogP contribution is 2.45. The van der Waals surface area contributed by atoms with Crippen LogP contribution in [0, 0.1) is 0 Å². The van der Waals surface area contributed by atoms with Crippen molar-refractivity contribution < 1.29 is 23.7 Å². The number of anilines is 1. The average Bonchev–Trinajstić information content (AvgIpc) is 3.09. The maximum Gasteiger partial charge on any atom is 0.410 e. The van der Waals surface area contributed by atoms with Crippen molar-refractivity contribution in [3.63, 3.8) is 0 Å². The van der Waals surface area contributed by atoms with Crippen LogP contribution in [0.25, 0.3) is 0 Å². The van der Waals surface area contributed by atoms with Crippen LogP contribution < -0.4 is 9.64 Å². The highest BCUT2D eigenvalue weighted by atomic mass is 79.9. The number of rotatable bonds is 4. The van der Waals surface area contributed by atoms with Crippen molar-refractivity contribution in [2.24, 2.45) is 0 Å². The van der Waals surface area contributed by atoms with Crippen LogP contribution in [0.4, 0.5) is 10.5 Å². The minimum Gasteiger partial charge on any atom is -0.489 e. The summed E-state index contributed by atoms with van der Waals surface area (Å²) in [4.78, 5) is 17.4. The van der Waals surface area contributed by atoms with Gasteiger partial charge in [0, 0.05) is 34.8 Å². The molecule has 0 N–H and O–H groups in total. The standard InChI is InChI=1S/C24H34BrClN2O5/c1-23(2,3)33-22(29)28-14-17(13-24(28,4)15-32-20-7-5-6-9-31-20)27-8-10-30-19-12-16(26)11-18(25)21(19)27/h11-12,17,20H,5-10,13-15H2,1-4H3/t17-,20-,24-/m0/s1. The highest BCUT2D eigenvalue weighted by Gasteiger charge is 2.49. The zero-order valence-electron chi connectivity index (χ0n) is 19.9. The summed E-state index contributed by atoms with van der Waals surface area (Å²) in [6.07, 6.45) is 3.27. The second-order valence-electron chi connectivity index (χ2n) is 10.3. The third kappa shape index (κ3) is 5.72. The molecule has 3 aliphatic rings. The van der Waals surface area contributed by atoms with Crippen molar-refractivity contribution in [1.82, 2.24) is 4.90 Å². The summed E-state index contributed by atoms with van der Waals surface area (Å²) in [6, 6.07) is 3.81. The van der Waals surface area contributed by atoms with Gasteiger partial charge >= 0.3 is 6.09 Å². The molecular formula is C24H34BrClN2O5. The molecule has 2 saturated heterocycles. The van der Waals surface area contributed by atoms with Crippen molar-refractivity contribution in [3.05, 3.63) is 21.6 Å². The molecule has 2 fully saturated rings. The van der Waals surface area contributed by atoms with Crippen LogP contribution in [0.3, 0.4) is 0 Å². The normalized spacial score (nSPS) is 27.8. The molecule has 1 aromatic rings. The van der Waals surface area contributed by atoms with Crippen LogP contribution in [0.1, 0.15) is 53.4 Å². The van der Waals surface area contributed by atoms with Crippen molar-refractivity contribution in [2.75, 3.05) is 37.8 Å². The molecule has 3 heterocycles. The van der Waals surface area contributed by atoms with Crippen molar-refractivity contribution in [2.45, 2.75) is 76.9 Å². The van der Waals surface area contributed by atoms with Gasteiger partial charge in [0.2, 0.25) is 0 Å². The van der Waals surface area contributed by atoms with E-state index in [1.54, 1.807) is 0 Å². The molecule has 0 bridgehead atoms. The Hall–Kier alpha value is -1.22. The van der Waals surface area contributed by atoms with Gasteiger partial charge in [0.25, 0.3) is 0 Å². The number of benzene rings is 1. The van der Waals surface area contributed by atoms with E-state index in [2.05, 4.69) is 27.8 Å². The summed E-state index contributed by atoms with van der Waals surface area (Å²) < 4.78 is 24.5. The summed E-state index contributed by atoms with van der Waals surface area (Å²) >= 11 is 9.91. The Morgan fingerprint density at radius 1 is 1.30 bits per heavy atom. The smallest absolute Gasteiger partial charge is 0.410 e. The van der Waals surface area contributed by atoms with E-state index in [-0.39, 0.29) is 18.4 Å². The first-order valence-corrected chi connectivity index (χ1v) is 12.9. The number of ether oxygens (including phenoxy) is 4. The Bertz CT molecular complexity index is 873. The zero-order chi connectivity index (χ0) is 23.8. The van der Waals surface area contributed by atoms with Gasteiger partial charge in [0.05, 0.1) is 24.4 Å². The third-order valence-corrected chi connectivity index (χ3v) is 7.19. The Balaban J connectivity index is 1.58. The fourth-order valence-electron chi connectivity index (χ4n) is 4.85. The topological polar surface area (TPSA) is 60.5 Å². The van der Waals surface area contributed by atoms with Gasteiger partial charge in [-0.3, -0.25) is 4.90 Å². The van der Waals surface area contributed by atoms with Crippen LogP contribution in [-0.4, -0.2) is 67.4 Å². The number of halogens is 2. The SMILES string of the molecule is CC(C)(C)OC(=O)N1C[C@@H](N2CCOc3cc(Cl)cc(Br)c32)C[C@@]1(C)CO[C@H]1CCCCO1. The molecule has 3 aliphatic heterocycles. The maximum absolute atomic E-state index is 13.3. The Morgan fingerprint density at radius 3 is 2.79 bits per heavy atom. The van der Waals surface area contributed by atoms with Crippen molar-refractivity contribution in [1.29, 1.82) is 0 Å². The molecule has 0 aliphatic carbocycles. The third-order valence-electron chi connectivity index (χ3n) is 6.36. The Morgan fingerprint density at radius 2 is 2.09 bits per heavy atom. The van der Waals surface area contributed by atoms with Gasteiger partial charge < -0.3 is 23.8 Å². The summed E-state index contributed by atoms with van der Waals surface area (Å²) in [6.45, 7) is 10.7. The van der Waals surface area contributed by atoms with Crippen LogP contribution in [0.2, 0.25) is 5.02 Å². The van der Waals surface area contributed by atoms with Crippen LogP contribution >= 0.6 is 27.5 Å². The molecule has 1 amide bonds. The number of hydrogen-bond donors (Lipinski definition) is 0. The molecule has 0 aromatic heterocycles. The molecular weight excluding hydrogens is 512 g/mol. The fraction of sp³-hybridized carbons (Fsp3) is 0.708. The van der Waals surface area contributed by atoms with Gasteiger partial charge in [-0.2, -0.15) is 0 Å². The van der Waals surface area contributed by atoms with E-state index in [1.165, 1.54) is 0 Å². The molecule has 0 saturated carbocycles. The molecule has 33 heavy (non-hydrogen) atoms. The number of carbonyl (C=O) groups excluding carboxylic acids is 1. The first kappa shape index (κ1) is 24.9. The molecule has 7 nitrogen and oxygen atoms in total. The molecule has 3 atom stereocenters. The van der Waals surface area contributed by atoms with Crippen LogP contribution in [-0.2, 0) is 14.2 Å². The van der Waals surface area contributed by atoms with Crippen LogP contribution in [0.5, 0.6) is 5.75 Å². The molecule has 1 aromatic carbocycles. The quantitative estimate of drug-likeness (QED) is 0.490. The fourth-order valence-corrected chi connectivity index (χ4v) is 5.86. The lowest BCUT2D eigenvalue weighted by atomic mass is 9.97. The minimum atomic E-state index is -0.575. The number of fused-ring (bicyclic) bond motifs is 1. The van der Waals surface area contributed by atoms with E-state index >= 15 is 0 Å². The van der Waals surface area contributed by atoms with Crippen molar-refractivity contribution in [3.8, 4) is 5.75 Å².